The topological polar surface area (TPSA) is 60.0 Å². The molecule has 0 saturated carbocycles. The Kier molecular flexibility index (Phi) is 4.64. The van der Waals surface area contributed by atoms with Crippen molar-refractivity contribution in [2.75, 3.05) is 13.1 Å². The van der Waals surface area contributed by atoms with Crippen molar-refractivity contribution in [3.8, 4) is 0 Å². The Morgan fingerprint density at radius 3 is 2.82 bits per heavy atom. The van der Waals surface area contributed by atoms with E-state index in [2.05, 4.69) is 21.2 Å². The van der Waals surface area contributed by atoms with E-state index in [1.54, 1.807) is 16.8 Å². The molecule has 0 aromatic carbocycles. The van der Waals surface area contributed by atoms with E-state index >= 15 is 0 Å². The first-order valence-corrected chi connectivity index (χ1v) is 5.90. The first-order valence-electron chi connectivity index (χ1n) is 5.11. The second-order valence-electron chi connectivity index (χ2n) is 3.57. The van der Waals surface area contributed by atoms with E-state index < -0.39 is 24.9 Å². The van der Waals surface area contributed by atoms with Crippen molar-refractivity contribution in [3.05, 3.63) is 22.4 Å². The molecular formula is C10H14BrF2N3O. The molecule has 0 aliphatic carbocycles. The van der Waals surface area contributed by atoms with Crippen molar-refractivity contribution >= 4 is 21.8 Å². The van der Waals surface area contributed by atoms with E-state index in [1.165, 1.54) is 0 Å². The maximum Gasteiger partial charge on any atom is 0.277 e. The summed E-state index contributed by atoms with van der Waals surface area (Å²) >= 11 is 3.23. The summed E-state index contributed by atoms with van der Waals surface area (Å²) in [4.78, 5) is 11.7. The number of nitrogens with one attached hydrogen (secondary N) is 1. The molecule has 0 fully saturated rings. The van der Waals surface area contributed by atoms with Crippen LogP contribution < -0.4 is 11.1 Å². The van der Waals surface area contributed by atoms with Gasteiger partial charge in [0.25, 0.3) is 11.8 Å². The zero-order valence-electron chi connectivity index (χ0n) is 9.34. The Labute approximate surface area is 106 Å². The van der Waals surface area contributed by atoms with Crippen LogP contribution in [0.2, 0.25) is 0 Å². The normalized spacial score (nSPS) is 11.6. The summed E-state index contributed by atoms with van der Waals surface area (Å²) in [7, 11) is 0. The highest BCUT2D eigenvalue weighted by Crippen LogP contribution is 2.15. The van der Waals surface area contributed by atoms with Crippen molar-refractivity contribution in [2.24, 2.45) is 5.73 Å². The van der Waals surface area contributed by atoms with Crippen LogP contribution in [-0.2, 0) is 6.54 Å². The van der Waals surface area contributed by atoms with Gasteiger partial charge in [0.1, 0.15) is 5.69 Å². The van der Waals surface area contributed by atoms with Crippen LogP contribution in [0, 0.1) is 0 Å². The van der Waals surface area contributed by atoms with Gasteiger partial charge in [0.15, 0.2) is 0 Å². The van der Waals surface area contributed by atoms with Crippen LogP contribution in [0.15, 0.2) is 16.7 Å². The van der Waals surface area contributed by atoms with Crippen LogP contribution >= 0.6 is 15.9 Å². The molecule has 96 valence electrons. The average Bonchev–Trinajstić information content (AvgIpc) is 2.67. The third-order valence-electron chi connectivity index (χ3n) is 2.24. The number of nitrogens with zero attached hydrogens (tertiary/aromatic N) is 1. The number of halogens is 3. The second kappa shape index (κ2) is 5.59. The summed E-state index contributed by atoms with van der Waals surface area (Å²) in [5, 5.41) is 2.17. The molecule has 0 radical (unpaired) electrons. The Morgan fingerprint density at radius 1 is 1.65 bits per heavy atom. The summed E-state index contributed by atoms with van der Waals surface area (Å²) in [6.45, 7) is 0.903. The summed E-state index contributed by atoms with van der Waals surface area (Å²) in [5.41, 5.74) is 5.22. The van der Waals surface area contributed by atoms with E-state index in [0.717, 1.165) is 4.47 Å². The molecule has 1 aromatic heterocycles. The molecule has 0 saturated heterocycles. The zero-order valence-corrected chi connectivity index (χ0v) is 10.9. The van der Waals surface area contributed by atoms with Gasteiger partial charge in [0.2, 0.25) is 0 Å². The largest absolute Gasteiger partial charge is 0.345 e. The number of carbonyl (C=O) groups is 1. The highest BCUT2D eigenvalue weighted by Gasteiger charge is 2.27. The zero-order chi connectivity index (χ0) is 13.1. The van der Waals surface area contributed by atoms with E-state index in [9.17, 15) is 13.6 Å². The maximum atomic E-state index is 12.9. The third-order valence-corrected chi connectivity index (χ3v) is 2.68. The SMILES string of the molecule is CCn1cc(Br)cc1C(=O)NCC(F)(F)CN. The summed E-state index contributed by atoms with van der Waals surface area (Å²) in [6, 6.07) is 1.58. The standard InChI is InChI=1S/C10H14BrF2N3O/c1-2-16-4-7(11)3-8(16)9(17)15-6-10(12,13)5-14/h3-4H,2,5-6,14H2,1H3,(H,15,17). The van der Waals surface area contributed by atoms with Crippen molar-refractivity contribution in [1.82, 2.24) is 9.88 Å². The number of hydrogen-bond donors (Lipinski definition) is 2. The van der Waals surface area contributed by atoms with Gasteiger partial charge in [-0.25, -0.2) is 8.78 Å². The van der Waals surface area contributed by atoms with Crippen molar-refractivity contribution < 1.29 is 13.6 Å². The fourth-order valence-electron chi connectivity index (χ4n) is 1.30. The molecule has 4 nitrogen and oxygen atoms in total. The molecule has 0 unspecified atom stereocenters. The highest BCUT2D eigenvalue weighted by molar-refractivity contribution is 9.10. The first-order chi connectivity index (χ1) is 7.89. The minimum Gasteiger partial charge on any atom is -0.345 e. The van der Waals surface area contributed by atoms with Gasteiger partial charge in [-0.05, 0) is 28.9 Å². The lowest BCUT2D eigenvalue weighted by molar-refractivity contribution is 0.0117. The van der Waals surface area contributed by atoms with Crippen molar-refractivity contribution in [1.29, 1.82) is 0 Å². The molecule has 0 aliphatic rings. The lowest BCUT2D eigenvalue weighted by Gasteiger charge is -2.14. The minimum absolute atomic E-state index is 0.340. The van der Waals surface area contributed by atoms with Crippen LogP contribution in [0.3, 0.4) is 0 Å². The second-order valence-corrected chi connectivity index (χ2v) is 4.49. The Hall–Kier alpha value is -0.950. The molecule has 17 heavy (non-hydrogen) atoms. The van der Waals surface area contributed by atoms with E-state index in [4.69, 9.17) is 5.73 Å². The third kappa shape index (κ3) is 3.78. The van der Waals surface area contributed by atoms with Crippen LogP contribution in [0.5, 0.6) is 0 Å². The average molecular weight is 310 g/mol. The maximum absolute atomic E-state index is 12.9. The molecule has 1 rings (SSSR count). The Bertz CT molecular complexity index is 406. The van der Waals surface area contributed by atoms with Gasteiger partial charge in [-0.1, -0.05) is 0 Å². The predicted molar refractivity (Wildman–Crippen MR) is 64.1 cm³/mol. The van der Waals surface area contributed by atoms with Gasteiger partial charge in [0.05, 0.1) is 13.1 Å². The Balaban J connectivity index is 2.70. The minimum atomic E-state index is -3.07. The number of nitrogens with two attached hydrogens (primary N) is 1. The monoisotopic (exact) mass is 309 g/mol. The van der Waals surface area contributed by atoms with Gasteiger partial charge < -0.3 is 15.6 Å². The number of rotatable bonds is 5. The highest BCUT2D eigenvalue weighted by atomic mass is 79.9. The predicted octanol–water partition coefficient (Wildman–Crippen LogP) is 1.59. The smallest absolute Gasteiger partial charge is 0.277 e. The summed E-state index contributed by atoms with van der Waals surface area (Å²) < 4.78 is 28.1. The molecule has 0 bridgehead atoms. The van der Waals surface area contributed by atoms with Gasteiger partial charge in [-0.15, -0.1) is 0 Å². The van der Waals surface area contributed by atoms with Gasteiger partial charge >= 0.3 is 0 Å². The van der Waals surface area contributed by atoms with Gasteiger partial charge in [0, 0.05) is 17.2 Å². The van der Waals surface area contributed by atoms with Crippen molar-refractivity contribution in [2.45, 2.75) is 19.4 Å². The lowest BCUT2D eigenvalue weighted by atomic mass is 10.3. The number of aromatic nitrogens is 1. The van der Waals surface area contributed by atoms with Gasteiger partial charge in [-0.2, -0.15) is 0 Å². The van der Waals surface area contributed by atoms with Crippen molar-refractivity contribution in [3.63, 3.8) is 0 Å². The van der Waals surface area contributed by atoms with Crippen LogP contribution in [0.1, 0.15) is 17.4 Å². The first kappa shape index (κ1) is 14.1. The number of carbonyl (C=O) groups excluding carboxylic acids is 1. The summed E-state index contributed by atoms with van der Waals surface area (Å²) in [5.74, 6) is -3.61. The quantitative estimate of drug-likeness (QED) is 0.868. The molecule has 1 aromatic rings. The van der Waals surface area contributed by atoms with Crippen LogP contribution in [0.4, 0.5) is 8.78 Å². The van der Waals surface area contributed by atoms with E-state index in [0.29, 0.717) is 12.2 Å². The molecule has 1 heterocycles. The fourth-order valence-corrected chi connectivity index (χ4v) is 1.76. The summed E-state index contributed by atoms with van der Waals surface area (Å²) in [6.07, 6.45) is 1.72. The number of hydrogen-bond acceptors (Lipinski definition) is 2. The molecular weight excluding hydrogens is 296 g/mol. The molecule has 7 heteroatoms. The van der Waals surface area contributed by atoms with E-state index in [1.807, 2.05) is 6.92 Å². The number of alkyl halides is 2. The van der Waals surface area contributed by atoms with Crippen LogP contribution in [0.25, 0.3) is 0 Å². The van der Waals surface area contributed by atoms with Crippen LogP contribution in [-0.4, -0.2) is 29.5 Å². The molecule has 0 aliphatic heterocycles. The van der Waals surface area contributed by atoms with E-state index in [-0.39, 0.29) is 0 Å². The van der Waals surface area contributed by atoms with Gasteiger partial charge in [-0.3, -0.25) is 4.79 Å². The Morgan fingerprint density at radius 2 is 2.29 bits per heavy atom. The molecule has 1 amide bonds. The molecule has 3 N–H and O–H groups in total. The molecule has 0 atom stereocenters. The number of amides is 1. The molecule has 0 spiro atoms. The lowest BCUT2D eigenvalue weighted by Crippen LogP contribution is -2.41. The number of aryl methyl sites for hydroxylation is 1. The fraction of sp³-hybridized carbons (Fsp3) is 0.500.